The minimum absolute atomic E-state index is 0.295. The second-order valence-corrected chi connectivity index (χ2v) is 6.06. The molecule has 0 radical (unpaired) electrons. The Bertz CT molecular complexity index is 1180. The molecule has 0 fully saturated rings. The van der Waals surface area contributed by atoms with E-state index in [2.05, 4.69) is 10.3 Å². The first-order valence-electron chi connectivity index (χ1n) is 8.26. The Morgan fingerprint density at radius 3 is 2.85 bits per heavy atom. The van der Waals surface area contributed by atoms with Crippen molar-refractivity contribution in [3.8, 4) is 0 Å². The number of benzene rings is 2. The number of rotatable bonds is 4. The van der Waals surface area contributed by atoms with Gasteiger partial charge in [-0.1, -0.05) is 18.2 Å². The van der Waals surface area contributed by atoms with Gasteiger partial charge in [-0.3, -0.25) is 9.59 Å². The second kappa shape index (κ2) is 6.48. The fourth-order valence-electron chi connectivity index (χ4n) is 3.13. The maximum absolute atomic E-state index is 13.4. The summed E-state index contributed by atoms with van der Waals surface area (Å²) < 4.78 is 15.3. The van der Waals surface area contributed by atoms with E-state index in [1.54, 1.807) is 24.3 Å². The van der Waals surface area contributed by atoms with Crippen LogP contribution >= 0.6 is 0 Å². The molecule has 0 saturated carbocycles. The SMILES string of the molecule is O=C(NCCn1ccc2ccc(F)cc21)c1cc(=O)[nH]c2ccccc12. The Morgan fingerprint density at radius 2 is 1.96 bits per heavy atom. The van der Waals surface area contributed by atoms with Crippen LogP contribution in [0.3, 0.4) is 0 Å². The normalized spacial score (nSPS) is 11.1. The molecule has 0 aliphatic rings. The molecule has 130 valence electrons. The molecule has 0 unspecified atom stereocenters. The van der Waals surface area contributed by atoms with Crippen molar-refractivity contribution in [2.24, 2.45) is 0 Å². The predicted octanol–water partition coefficient (Wildman–Crippen LogP) is 3.05. The van der Waals surface area contributed by atoms with Gasteiger partial charge in [0.05, 0.1) is 11.1 Å². The van der Waals surface area contributed by atoms with Gasteiger partial charge in [-0.25, -0.2) is 4.39 Å². The highest BCUT2D eigenvalue weighted by Crippen LogP contribution is 2.17. The summed E-state index contributed by atoms with van der Waals surface area (Å²) >= 11 is 0. The molecule has 2 aromatic carbocycles. The van der Waals surface area contributed by atoms with Crippen molar-refractivity contribution >= 4 is 27.7 Å². The number of carbonyl (C=O) groups is 1. The number of H-pyrrole nitrogens is 1. The van der Waals surface area contributed by atoms with E-state index in [0.29, 0.717) is 29.6 Å². The van der Waals surface area contributed by atoms with Crippen LogP contribution in [0.15, 0.2) is 65.6 Å². The number of hydrogen-bond donors (Lipinski definition) is 2. The van der Waals surface area contributed by atoms with Crippen LogP contribution in [0, 0.1) is 5.82 Å². The number of amides is 1. The molecule has 0 aliphatic carbocycles. The van der Waals surface area contributed by atoms with E-state index in [4.69, 9.17) is 0 Å². The van der Waals surface area contributed by atoms with E-state index in [1.165, 1.54) is 18.2 Å². The second-order valence-electron chi connectivity index (χ2n) is 6.06. The number of nitrogens with zero attached hydrogens (tertiary/aromatic N) is 1. The summed E-state index contributed by atoms with van der Waals surface area (Å²) in [5.41, 5.74) is 1.42. The highest BCUT2D eigenvalue weighted by atomic mass is 19.1. The summed E-state index contributed by atoms with van der Waals surface area (Å²) in [7, 11) is 0. The molecular weight excluding hydrogens is 333 g/mol. The van der Waals surface area contributed by atoms with Crippen LogP contribution in [-0.4, -0.2) is 22.0 Å². The standard InChI is InChI=1S/C20H16FN3O2/c21-14-6-5-13-7-9-24(18(13)11-14)10-8-22-20(26)16-12-19(25)23-17-4-2-1-3-15(16)17/h1-7,9,11-12H,8,10H2,(H,22,26)(H,23,25). The number of carbonyl (C=O) groups excluding carboxylic acids is 1. The van der Waals surface area contributed by atoms with E-state index in [0.717, 1.165) is 10.9 Å². The maximum atomic E-state index is 13.4. The summed E-state index contributed by atoms with van der Waals surface area (Å²) in [6, 6.07) is 15.0. The van der Waals surface area contributed by atoms with E-state index >= 15 is 0 Å². The van der Waals surface area contributed by atoms with Crippen molar-refractivity contribution in [3.05, 3.63) is 82.5 Å². The molecule has 0 bridgehead atoms. The zero-order chi connectivity index (χ0) is 18.1. The van der Waals surface area contributed by atoms with Gasteiger partial charge in [-0.15, -0.1) is 0 Å². The average molecular weight is 349 g/mol. The summed E-state index contributed by atoms with van der Waals surface area (Å²) in [4.78, 5) is 27.0. The van der Waals surface area contributed by atoms with Gasteiger partial charge in [0, 0.05) is 36.3 Å². The fourth-order valence-corrected chi connectivity index (χ4v) is 3.13. The third-order valence-electron chi connectivity index (χ3n) is 4.37. The Kier molecular flexibility index (Phi) is 4.01. The number of halogens is 1. The molecule has 4 aromatic rings. The monoisotopic (exact) mass is 349 g/mol. The molecule has 5 nitrogen and oxygen atoms in total. The molecule has 0 atom stereocenters. The number of para-hydroxylation sites is 1. The quantitative estimate of drug-likeness (QED) is 0.595. The van der Waals surface area contributed by atoms with Gasteiger partial charge in [0.15, 0.2) is 0 Å². The van der Waals surface area contributed by atoms with E-state index < -0.39 is 0 Å². The lowest BCUT2D eigenvalue weighted by atomic mass is 10.1. The van der Waals surface area contributed by atoms with Crippen LogP contribution in [0.4, 0.5) is 4.39 Å². The molecule has 1 amide bonds. The lowest BCUT2D eigenvalue weighted by Gasteiger charge is -2.09. The molecule has 4 rings (SSSR count). The average Bonchev–Trinajstić information content (AvgIpc) is 3.03. The molecule has 26 heavy (non-hydrogen) atoms. The van der Waals surface area contributed by atoms with Crippen molar-refractivity contribution in [2.75, 3.05) is 6.54 Å². The lowest BCUT2D eigenvalue weighted by Crippen LogP contribution is -2.28. The van der Waals surface area contributed by atoms with Gasteiger partial charge in [0.2, 0.25) is 5.56 Å². The molecule has 0 aliphatic heterocycles. The van der Waals surface area contributed by atoms with Crippen molar-refractivity contribution < 1.29 is 9.18 Å². The topological polar surface area (TPSA) is 66.9 Å². The molecule has 2 heterocycles. The number of aromatic amines is 1. The molecule has 0 saturated heterocycles. The lowest BCUT2D eigenvalue weighted by molar-refractivity contribution is 0.0954. The van der Waals surface area contributed by atoms with Crippen LogP contribution in [0.2, 0.25) is 0 Å². The van der Waals surface area contributed by atoms with Crippen molar-refractivity contribution in [2.45, 2.75) is 6.54 Å². The highest BCUT2D eigenvalue weighted by Gasteiger charge is 2.11. The van der Waals surface area contributed by atoms with Gasteiger partial charge in [0.1, 0.15) is 5.82 Å². The van der Waals surface area contributed by atoms with Gasteiger partial charge in [-0.05, 0) is 35.7 Å². The van der Waals surface area contributed by atoms with Crippen LogP contribution in [0.5, 0.6) is 0 Å². The number of pyridine rings is 1. The Balaban J connectivity index is 1.52. The van der Waals surface area contributed by atoms with E-state index in [1.807, 2.05) is 22.9 Å². The predicted molar refractivity (Wildman–Crippen MR) is 98.8 cm³/mol. The summed E-state index contributed by atoms with van der Waals surface area (Å²) in [5, 5.41) is 4.47. The molecular formula is C20H16FN3O2. The highest BCUT2D eigenvalue weighted by molar-refractivity contribution is 6.05. The Labute approximate surface area is 148 Å². The van der Waals surface area contributed by atoms with E-state index in [-0.39, 0.29) is 17.3 Å². The van der Waals surface area contributed by atoms with E-state index in [9.17, 15) is 14.0 Å². The number of hydrogen-bond acceptors (Lipinski definition) is 2. The minimum Gasteiger partial charge on any atom is -0.350 e. The van der Waals surface area contributed by atoms with Crippen molar-refractivity contribution in [1.82, 2.24) is 14.9 Å². The molecule has 6 heteroatoms. The zero-order valence-corrected chi connectivity index (χ0v) is 13.8. The summed E-state index contributed by atoms with van der Waals surface area (Å²) in [6.45, 7) is 0.861. The van der Waals surface area contributed by atoms with Gasteiger partial charge in [0.25, 0.3) is 5.91 Å². The van der Waals surface area contributed by atoms with Gasteiger partial charge >= 0.3 is 0 Å². The largest absolute Gasteiger partial charge is 0.350 e. The van der Waals surface area contributed by atoms with Gasteiger partial charge in [-0.2, -0.15) is 0 Å². The number of nitrogens with one attached hydrogen (secondary N) is 2. The fraction of sp³-hybridized carbons (Fsp3) is 0.100. The first-order valence-corrected chi connectivity index (χ1v) is 8.26. The maximum Gasteiger partial charge on any atom is 0.252 e. The van der Waals surface area contributed by atoms with Crippen LogP contribution in [-0.2, 0) is 6.54 Å². The third-order valence-corrected chi connectivity index (χ3v) is 4.37. The Morgan fingerprint density at radius 1 is 1.12 bits per heavy atom. The number of fused-ring (bicyclic) bond motifs is 2. The molecule has 2 N–H and O–H groups in total. The third kappa shape index (κ3) is 2.97. The van der Waals surface area contributed by atoms with Crippen LogP contribution < -0.4 is 10.9 Å². The Hall–Kier alpha value is -3.41. The zero-order valence-electron chi connectivity index (χ0n) is 13.8. The summed E-state index contributed by atoms with van der Waals surface area (Å²) in [6.07, 6.45) is 1.86. The molecule has 2 aromatic heterocycles. The van der Waals surface area contributed by atoms with Crippen LogP contribution in [0.25, 0.3) is 21.8 Å². The first-order chi connectivity index (χ1) is 12.6. The summed E-state index contributed by atoms with van der Waals surface area (Å²) in [5.74, 6) is -0.605. The number of aromatic nitrogens is 2. The smallest absolute Gasteiger partial charge is 0.252 e. The van der Waals surface area contributed by atoms with Crippen molar-refractivity contribution in [3.63, 3.8) is 0 Å². The first kappa shape index (κ1) is 16.1. The minimum atomic E-state index is -0.319. The van der Waals surface area contributed by atoms with Crippen molar-refractivity contribution in [1.29, 1.82) is 0 Å². The van der Waals surface area contributed by atoms with Gasteiger partial charge < -0.3 is 14.9 Å². The molecule has 0 spiro atoms. The van der Waals surface area contributed by atoms with Crippen LogP contribution in [0.1, 0.15) is 10.4 Å².